The highest BCUT2D eigenvalue weighted by Crippen LogP contribution is 2.33. The van der Waals surface area contributed by atoms with Crippen LogP contribution in [0.1, 0.15) is 31.2 Å². The fourth-order valence-corrected chi connectivity index (χ4v) is 5.98. The number of halogens is 2. The third-order valence-corrected chi connectivity index (χ3v) is 7.87. The van der Waals surface area contributed by atoms with Gasteiger partial charge in [-0.1, -0.05) is 46.7 Å². The Bertz CT molecular complexity index is 1780. The Morgan fingerprint density at radius 3 is 2.56 bits per heavy atom. The zero-order chi connectivity index (χ0) is 27.8. The summed E-state index contributed by atoms with van der Waals surface area (Å²) < 4.78 is 13.3. The minimum atomic E-state index is -0.682. The minimum Gasteiger partial charge on any atom is -0.463 e. The summed E-state index contributed by atoms with van der Waals surface area (Å²) >= 11 is 13.6. The lowest BCUT2D eigenvalue weighted by Crippen LogP contribution is -2.39. The standard InChI is InChI=1S/C29H25Cl2N3O4S/c1-5-37-28(36)25-16(2)32-29-34(26(25)17-6-9-19(10-7-17)33(3)4)27(35)24(39-29)15-20-11-13-23(38-20)21-12-8-18(30)14-22(21)31/h6-15,26H,5H2,1-4H3/b24-15-/t26-/m1/s1. The number of esters is 1. The maximum absolute atomic E-state index is 13.8. The molecule has 10 heteroatoms. The van der Waals surface area contributed by atoms with E-state index < -0.39 is 12.0 Å². The molecule has 4 aromatic rings. The number of carbonyl (C=O) groups is 1. The molecule has 0 amide bonds. The van der Waals surface area contributed by atoms with Crippen molar-refractivity contribution < 1.29 is 13.9 Å². The predicted molar refractivity (Wildman–Crippen MR) is 155 cm³/mol. The zero-order valence-corrected chi connectivity index (χ0v) is 24.0. The Balaban J connectivity index is 1.63. The maximum Gasteiger partial charge on any atom is 0.338 e. The van der Waals surface area contributed by atoms with Gasteiger partial charge in [0.15, 0.2) is 4.80 Å². The number of fused-ring (bicyclic) bond motifs is 1. The molecule has 39 heavy (non-hydrogen) atoms. The van der Waals surface area contributed by atoms with Crippen LogP contribution >= 0.6 is 34.5 Å². The van der Waals surface area contributed by atoms with Gasteiger partial charge in [-0.3, -0.25) is 9.36 Å². The van der Waals surface area contributed by atoms with Gasteiger partial charge in [0.2, 0.25) is 0 Å². The summed E-state index contributed by atoms with van der Waals surface area (Å²) in [6, 6.07) is 15.8. The lowest BCUT2D eigenvalue weighted by atomic mass is 9.95. The normalized spacial score (nSPS) is 15.2. The Morgan fingerprint density at radius 2 is 1.90 bits per heavy atom. The monoisotopic (exact) mass is 581 g/mol. The molecule has 0 radical (unpaired) electrons. The van der Waals surface area contributed by atoms with E-state index in [0.717, 1.165) is 11.3 Å². The third-order valence-electron chi connectivity index (χ3n) is 6.34. The van der Waals surface area contributed by atoms with Gasteiger partial charge in [-0.05, 0) is 61.9 Å². The lowest BCUT2D eigenvalue weighted by molar-refractivity contribution is -0.139. The van der Waals surface area contributed by atoms with Crippen LogP contribution in [0, 0.1) is 0 Å². The number of ether oxygens (including phenoxy) is 1. The van der Waals surface area contributed by atoms with Crippen LogP contribution in [0.5, 0.6) is 0 Å². The van der Waals surface area contributed by atoms with Crippen LogP contribution < -0.4 is 19.8 Å². The molecular weight excluding hydrogens is 557 g/mol. The predicted octanol–water partition coefficient (Wildman–Crippen LogP) is 5.43. The summed E-state index contributed by atoms with van der Waals surface area (Å²) in [6.07, 6.45) is 1.67. The van der Waals surface area contributed by atoms with E-state index >= 15 is 0 Å². The van der Waals surface area contributed by atoms with E-state index in [0.29, 0.717) is 47.7 Å². The second-order valence-corrected chi connectivity index (χ2v) is 11.0. The number of thiazole rings is 1. The molecule has 0 fully saturated rings. The summed E-state index contributed by atoms with van der Waals surface area (Å²) in [5.41, 5.74) is 3.05. The van der Waals surface area contributed by atoms with Gasteiger partial charge in [0, 0.05) is 36.4 Å². The van der Waals surface area contributed by atoms with E-state index in [4.69, 9.17) is 32.4 Å². The lowest BCUT2D eigenvalue weighted by Gasteiger charge is -2.25. The van der Waals surface area contributed by atoms with Crippen LogP contribution in [0.2, 0.25) is 10.0 Å². The van der Waals surface area contributed by atoms with Gasteiger partial charge < -0.3 is 14.1 Å². The number of nitrogens with zero attached hydrogens (tertiary/aromatic N) is 3. The van der Waals surface area contributed by atoms with Crippen LogP contribution in [-0.4, -0.2) is 31.2 Å². The second-order valence-electron chi connectivity index (χ2n) is 9.11. The van der Waals surface area contributed by atoms with Gasteiger partial charge in [0.25, 0.3) is 5.56 Å². The summed E-state index contributed by atoms with van der Waals surface area (Å²) in [4.78, 5) is 34.0. The van der Waals surface area contributed by atoms with Crippen molar-refractivity contribution in [1.29, 1.82) is 0 Å². The molecule has 0 saturated carbocycles. The first kappa shape index (κ1) is 27.0. The van der Waals surface area contributed by atoms with Crippen molar-refractivity contribution in [3.05, 3.63) is 107 Å². The highest BCUT2D eigenvalue weighted by atomic mass is 35.5. The Labute approximate surface area is 238 Å². The number of anilines is 1. The first-order valence-electron chi connectivity index (χ1n) is 12.2. The molecule has 2 aromatic carbocycles. The molecule has 5 rings (SSSR count). The minimum absolute atomic E-state index is 0.213. The van der Waals surface area contributed by atoms with Gasteiger partial charge in [-0.15, -0.1) is 0 Å². The highest BCUT2D eigenvalue weighted by Gasteiger charge is 2.33. The molecular formula is C29H25Cl2N3O4S. The number of carbonyl (C=O) groups excluding carboxylic acids is 1. The number of allylic oxidation sites excluding steroid dienone is 1. The summed E-state index contributed by atoms with van der Waals surface area (Å²) in [5.74, 6) is 0.537. The molecule has 3 heterocycles. The molecule has 2 aromatic heterocycles. The Hall–Kier alpha value is -3.59. The first-order valence-corrected chi connectivity index (χ1v) is 13.8. The first-order chi connectivity index (χ1) is 18.7. The van der Waals surface area contributed by atoms with Crippen LogP contribution in [0.4, 0.5) is 5.69 Å². The molecule has 7 nitrogen and oxygen atoms in total. The van der Waals surface area contributed by atoms with Gasteiger partial charge >= 0.3 is 5.97 Å². The van der Waals surface area contributed by atoms with Crippen molar-refractivity contribution >= 4 is 52.3 Å². The smallest absolute Gasteiger partial charge is 0.338 e. The average Bonchev–Trinajstić information content (AvgIpc) is 3.47. The second kappa shape index (κ2) is 10.9. The SMILES string of the molecule is CCOC(=O)C1=C(C)N=c2s/c(=C\c3ccc(-c4ccc(Cl)cc4Cl)o3)c(=O)n2[C@@H]1c1ccc(N(C)C)cc1. The third kappa shape index (κ3) is 5.20. The summed E-state index contributed by atoms with van der Waals surface area (Å²) in [5, 5.41) is 0.991. The zero-order valence-electron chi connectivity index (χ0n) is 21.7. The average molecular weight is 583 g/mol. The van der Waals surface area contributed by atoms with Gasteiger partial charge in [-0.25, -0.2) is 9.79 Å². The van der Waals surface area contributed by atoms with Crippen molar-refractivity contribution in [2.45, 2.75) is 19.9 Å². The van der Waals surface area contributed by atoms with Crippen LogP contribution in [-0.2, 0) is 9.53 Å². The largest absolute Gasteiger partial charge is 0.463 e. The van der Waals surface area contributed by atoms with E-state index in [2.05, 4.69) is 4.99 Å². The number of aromatic nitrogens is 1. The number of hydrogen-bond acceptors (Lipinski definition) is 7. The van der Waals surface area contributed by atoms with Crippen LogP contribution in [0.25, 0.3) is 17.4 Å². The molecule has 0 saturated heterocycles. The number of rotatable bonds is 6. The fourth-order valence-electron chi connectivity index (χ4n) is 4.46. The van der Waals surface area contributed by atoms with E-state index in [1.54, 1.807) is 54.8 Å². The van der Waals surface area contributed by atoms with Gasteiger partial charge in [0.1, 0.15) is 11.5 Å². The molecule has 0 N–H and O–H groups in total. The molecule has 200 valence electrons. The van der Waals surface area contributed by atoms with E-state index in [1.165, 1.54) is 11.3 Å². The van der Waals surface area contributed by atoms with Crippen molar-refractivity contribution in [3.63, 3.8) is 0 Å². The molecule has 0 bridgehead atoms. The molecule has 0 unspecified atom stereocenters. The molecule has 1 aliphatic heterocycles. The van der Waals surface area contributed by atoms with Crippen LogP contribution in [0.3, 0.4) is 0 Å². The van der Waals surface area contributed by atoms with Crippen molar-refractivity contribution in [2.75, 3.05) is 25.6 Å². The Morgan fingerprint density at radius 1 is 1.15 bits per heavy atom. The maximum atomic E-state index is 13.8. The highest BCUT2D eigenvalue weighted by molar-refractivity contribution is 7.07. The molecule has 0 spiro atoms. The number of furan rings is 1. The quantitative estimate of drug-likeness (QED) is 0.284. The molecule has 0 aliphatic carbocycles. The van der Waals surface area contributed by atoms with E-state index in [1.807, 2.05) is 43.3 Å². The van der Waals surface area contributed by atoms with Gasteiger partial charge in [0.05, 0.1) is 33.5 Å². The van der Waals surface area contributed by atoms with Crippen LogP contribution in [0.15, 0.2) is 80.1 Å². The molecule has 1 atom stereocenters. The van der Waals surface area contributed by atoms with Crippen molar-refractivity contribution in [1.82, 2.24) is 4.57 Å². The van der Waals surface area contributed by atoms with Crippen molar-refractivity contribution in [2.24, 2.45) is 4.99 Å². The Kier molecular flexibility index (Phi) is 7.53. The van der Waals surface area contributed by atoms with E-state index in [9.17, 15) is 9.59 Å². The summed E-state index contributed by atoms with van der Waals surface area (Å²) in [7, 11) is 3.90. The number of benzene rings is 2. The topological polar surface area (TPSA) is 77.0 Å². The van der Waals surface area contributed by atoms with E-state index in [-0.39, 0.29) is 12.2 Å². The number of hydrogen-bond donors (Lipinski definition) is 0. The molecule has 1 aliphatic rings. The van der Waals surface area contributed by atoms with Crippen molar-refractivity contribution in [3.8, 4) is 11.3 Å². The summed E-state index contributed by atoms with van der Waals surface area (Å²) in [6.45, 7) is 3.72. The van der Waals surface area contributed by atoms with Gasteiger partial charge in [-0.2, -0.15) is 0 Å². The fraction of sp³-hybridized carbons (Fsp3) is 0.207.